The Morgan fingerprint density at radius 3 is 2.68 bits per heavy atom. The van der Waals surface area contributed by atoms with Crippen LogP contribution in [-0.2, 0) is 11.3 Å². The zero-order chi connectivity index (χ0) is 22.6. The highest BCUT2D eigenvalue weighted by Gasteiger charge is 2.30. The van der Waals surface area contributed by atoms with Crippen LogP contribution in [0.3, 0.4) is 0 Å². The minimum Gasteiger partial charge on any atom is -0.492 e. The molecule has 1 aromatic carbocycles. The SMILES string of the molecule is CCOc1cc2c(cc1NC(=O)C(=CN)c1ncccn1)CN(CCC(C)(C)O)C2=O. The molecule has 0 aliphatic carbocycles. The summed E-state index contributed by atoms with van der Waals surface area (Å²) in [7, 11) is 0. The van der Waals surface area contributed by atoms with E-state index in [4.69, 9.17) is 10.5 Å². The minimum absolute atomic E-state index is 0.117. The third-order valence-electron chi connectivity index (χ3n) is 4.84. The molecule has 0 atom stereocenters. The molecule has 1 aliphatic rings. The summed E-state index contributed by atoms with van der Waals surface area (Å²) >= 11 is 0. The summed E-state index contributed by atoms with van der Waals surface area (Å²) in [5.41, 5.74) is 6.62. The number of carbonyl (C=O) groups excluding carboxylic acids is 2. The number of nitrogens with zero attached hydrogens (tertiary/aromatic N) is 3. The Morgan fingerprint density at radius 2 is 2.06 bits per heavy atom. The quantitative estimate of drug-likeness (QED) is 0.551. The lowest BCUT2D eigenvalue weighted by molar-refractivity contribution is -0.111. The van der Waals surface area contributed by atoms with E-state index < -0.39 is 11.5 Å². The molecular weight excluding hydrogens is 398 g/mol. The molecule has 2 aromatic rings. The lowest BCUT2D eigenvalue weighted by atomic mass is 10.1. The Balaban J connectivity index is 1.86. The summed E-state index contributed by atoms with van der Waals surface area (Å²) in [6.45, 7) is 6.41. The van der Waals surface area contributed by atoms with E-state index in [-0.39, 0.29) is 17.3 Å². The number of carbonyl (C=O) groups is 2. The van der Waals surface area contributed by atoms with Gasteiger partial charge in [0.2, 0.25) is 0 Å². The molecule has 2 heterocycles. The van der Waals surface area contributed by atoms with Gasteiger partial charge in [-0.3, -0.25) is 9.59 Å². The molecule has 0 bridgehead atoms. The summed E-state index contributed by atoms with van der Waals surface area (Å²) < 4.78 is 5.67. The maximum atomic E-state index is 12.8. The predicted octanol–water partition coefficient (Wildman–Crippen LogP) is 1.93. The molecule has 0 fully saturated rings. The molecule has 164 valence electrons. The molecule has 0 saturated heterocycles. The maximum absolute atomic E-state index is 12.8. The number of amides is 2. The lowest BCUT2D eigenvalue weighted by Gasteiger charge is -2.22. The van der Waals surface area contributed by atoms with Crippen molar-refractivity contribution in [1.82, 2.24) is 14.9 Å². The lowest BCUT2D eigenvalue weighted by Crippen LogP contribution is -2.31. The van der Waals surface area contributed by atoms with E-state index in [1.165, 1.54) is 12.4 Å². The van der Waals surface area contributed by atoms with Gasteiger partial charge in [-0.1, -0.05) is 0 Å². The fourth-order valence-corrected chi connectivity index (χ4v) is 3.24. The van der Waals surface area contributed by atoms with E-state index in [0.717, 1.165) is 11.8 Å². The summed E-state index contributed by atoms with van der Waals surface area (Å²) in [4.78, 5) is 35.5. The number of nitrogens with one attached hydrogen (secondary N) is 1. The number of anilines is 1. The van der Waals surface area contributed by atoms with E-state index in [1.54, 1.807) is 36.9 Å². The predicted molar refractivity (Wildman–Crippen MR) is 116 cm³/mol. The fourth-order valence-electron chi connectivity index (χ4n) is 3.24. The van der Waals surface area contributed by atoms with Crippen molar-refractivity contribution in [2.75, 3.05) is 18.5 Å². The van der Waals surface area contributed by atoms with Crippen LogP contribution in [0.5, 0.6) is 5.75 Å². The summed E-state index contributed by atoms with van der Waals surface area (Å²) in [5, 5.41) is 12.8. The first kappa shape index (κ1) is 22.2. The summed E-state index contributed by atoms with van der Waals surface area (Å²) in [5.74, 6) is -0.0247. The number of rotatable bonds is 8. The van der Waals surface area contributed by atoms with Crippen molar-refractivity contribution in [3.63, 3.8) is 0 Å². The molecule has 4 N–H and O–H groups in total. The van der Waals surface area contributed by atoms with Crippen LogP contribution in [0.2, 0.25) is 0 Å². The average molecular weight is 425 g/mol. The van der Waals surface area contributed by atoms with Crippen molar-refractivity contribution in [2.45, 2.75) is 39.3 Å². The number of fused-ring (bicyclic) bond motifs is 1. The van der Waals surface area contributed by atoms with E-state index in [0.29, 0.717) is 43.1 Å². The molecule has 0 radical (unpaired) electrons. The fraction of sp³-hybridized carbons (Fsp3) is 0.364. The van der Waals surface area contributed by atoms with Crippen LogP contribution in [0.4, 0.5) is 5.69 Å². The molecule has 9 heteroatoms. The van der Waals surface area contributed by atoms with Crippen LogP contribution < -0.4 is 15.8 Å². The van der Waals surface area contributed by atoms with Gasteiger partial charge in [-0.25, -0.2) is 9.97 Å². The van der Waals surface area contributed by atoms with Gasteiger partial charge in [0.25, 0.3) is 11.8 Å². The average Bonchev–Trinajstić information content (AvgIpc) is 3.02. The zero-order valence-corrected chi connectivity index (χ0v) is 17.9. The number of nitrogens with two attached hydrogens (primary N) is 1. The second-order valence-corrected chi connectivity index (χ2v) is 7.83. The van der Waals surface area contributed by atoms with Gasteiger partial charge in [0.05, 0.1) is 23.5 Å². The number of aromatic nitrogens is 2. The van der Waals surface area contributed by atoms with Crippen LogP contribution in [0.25, 0.3) is 5.57 Å². The monoisotopic (exact) mass is 425 g/mol. The third-order valence-corrected chi connectivity index (χ3v) is 4.84. The number of hydrogen-bond donors (Lipinski definition) is 3. The third kappa shape index (κ3) is 5.18. The van der Waals surface area contributed by atoms with Gasteiger partial charge >= 0.3 is 0 Å². The van der Waals surface area contributed by atoms with Gasteiger partial charge in [-0.05, 0) is 51.0 Å². The number of hydrogen-bond acceptors (Lipinski definition) is 7. The molecular formula is C22H27N5O4. The maximum Gasteiger partial charge on any atom is 0.261 e. The second-order valence-electron chi connectivity index (χ2n) is 7.83. The largest absolute Gasteiger partial charge is 0.492 e. The molecule has 1 aliphatic heterocycles. The van der Waals surface area contributed by atoms with Crippen LogP contribution in [0.15, 0.2) is 36.8 Å². The highest BCUT2D eigenvalue weighted by molar-refractivity contribution is 6.24. The molecule has 3 rings (SSSR count). The van der Waals surface area contributed by atoms with Gasteiger partial charge in [-0.15, -0.1) is 0 Å². The standard InChI is InChI=1S/C22H27N5O4/c1-4-31-18-11-15-14(13-27(21(15)29)9-6-22(2,3)30)10-17(18)26-20(28)16(12-23)19-24-7-5-8-25-19/h5,7-8,10-12,30H,4,6,9,13,23H2,1-3H3,(H,26,28). The van der Waals surface area contributed by atoms with Crippen molar-refractivity contribution in [2.24, 2.45) is 5.73 Å². The second kappa shape index (κ2) is 9.13. The van der Waals surface area contributed by atoms with E-state index in [1.807, 2.05) is 6.92 Å². The van der Waals surface area contributed by atoms with E-state index >= 15 is 0 Å². The topological polar surface area (TPSA) is 131 Å². The van der Waals surface area contributed by atoms with Gasteiger partial charge in [-0.2, -0.15) is 0 Å². The highest BCUT2D eigenvalue weighted by atomic mass is 16.5. The van der Waals surface area contributed by atoms with Crippen molar-refractivity contribution < 1.29 is 19.4 Å². The van der Waals surface area contributed by atoms with Crippen molar-refractivity contribution >= 4 is 23.1 Å². The highest BCUT2D eigenvalue weighted by Crippen LogP contribution is 2.34. The number of aliphatic hydroxyl groups is 1. The van der Waals surface area contributed by atoms with Crippen LogP contribution in [0, 0.1) is 0 Å². The van der Waals surface area contributed by atoms with E-state index in [2.05, 4.69) is 15.3 Å². The molecule has 9 nitrogen and oxygen atoms in total. The first-order valence-corrected chi connectivity index (χ1v) is 10.1. The summed E-state index contributed by atoms with van der Waals surface area (Å²) in [6.07, 6.45) is 4.65. The van der Waals surface area contributed by atoms with Gasteiger partial charge < -0.3 is 25.8 Å². The zero-order valence-electron chi connectivity index (χ0n) is 17.9. The first-order chi connectivity index (χ1) is 14.7. The minimum atomic E-state index is -0.866. The molecule has 0 spiro atoms. The van der Waals surface area contributed by atoms with Crippen LogP contribution in [0.1, 0.15) is 48.9 Å². The van der Waals surface area contributed by atoms with Crippen LogP contribution in [-0.4, -0.2) is 50.5 Å². The van der Waals surface area contributed by atoms with Gasteiger partial charge in [0.1, 0.15) is 5.75 Å². The number of ether oxygens (including phenoxy) is 1. The Morgan fingerprint density at radius 1 is 1.35 bits per heavy atom. The molecule has 0 saturated carbocycles. The number of benzene rings is 1. The molecule has 0 unspecified atom stereocenters. The first-order valence-electron chi connectivity index (χ1n) is 10.1. The van der Waals surface area contributed by atoms with Crippen LogP contribution >= 0.6 is 0 Å². The Hall–Kier alpha value is -3.46. The Bertz CT molecular complexity index is 999. The molecule has 31 heavy (non-hydrogen) atoms. The van der Waals surface area contributed by atoms with E-state index in [9.17, 15) is 14.7 Å². The molecule has 2 amide bonds. The van der Waals surface area contributed by atoms with Crippen molar-refractivity contribution in [3.8, 4) is 5.75 Å². The smallest absolute Gasteiger partial charge is 0.261 e. The van der Waals surface area contributed by atoms with Crippen molar-refractivity contribution in [3.05, 3.63) is 53.7 Å². The normalized spacial score (nSPS) is 13.9. The molecule has 1 aromatic heterocycles. The van der Waals surface area contributed by atoms with Gasteiger partial charge in [0.15, 0.2) is 5.82 Å². The van der Waals surface area contributed by atoms with Crippen molar-refractivity contribution in [1.29, 1.82) is 0 Å². The summed E-state index contributed by atoms with van der Waals surface area (Å²) in [6, 6.07) is 5.02. The Kier molecular flexibility index (Phi) is 6.55. The Labute approximate surface area is 180 Å². The van der Waals surface area contributed by atoms with Gasteiger partial charge in [0, 0.05) is 37.2 Å².